The first-order chi connectivity index (χ1) is 24.7. The number of H-pyrrole nitrogens is 1. The zero-order valence-electron chi connectivity index (χ0n) is 28.8. The van der Waals surface area contributed by atoms with Crippen LogP contribution in [0.4, 0.5) is 11.5 Å². The lowest BCUT2D eigenvalue weighted by atomic mass is 9.95. The average Bonchev–Trinajstić information content (AvgIpc) is 3.69. The third-order valence-corrected chi connectivity index (χ3v) is 10.3. The smallest absolute Gasteiger partial charge is 0.199 e. The minimum atomic E-state index is 0.392. The van der Waals surface area contributed by atoms with Gasteiger partial charge in [-0.15, -0.1) is 0 Å². The molecule has 8 rings (SSSR count). The third-order valence-electron chi connectivity index (χ3n) is 10.3. The van der Waals surface area contributed by atoms with E-state index in [-0.39, 0.29) is 0 Å². The number of aromatic nitrogens is 5. The Labute approximate surface area is 294 Å². The first-order valence-corrected chi connectivity index (χ1v) is 17.9. The van der Waals surface area contributed by atoms with E-state index in [1.54, 1.807) is 13.3 Å². The number of aromatic amines is 1. The zero-order valence-corrected chi connectivity index (χ0v) is 28.8. The quantitative estimate of drug-likeness (QED) is 0.195. The van der Waals surface area contributed by atoms with E-state index in [0.717, 1.165) is 101 Å². The maximum atomic E-state index is 5.29. The molecule has 5 aromatic rings. The minimum Gasteiger partial charge on any atom is -0.383 e. The second kappa shape index (κ2) is 14.9. The molecular formula is C40H45N9O. The van der Waals surface area contributed by atoms with E-state index >= 15 is 0 Å². The highest BCUT2D eigenvalue weighted by Crippen LogP contribution is 2.36. The van der Waals surface area contributed by atoms with Crippen molar-refractivity contribution in [3.05, 3.63) is 119 Å². The second-order valence-corrected chi connectivity index (χ2v) is 13.5. The number of pyridine rings is 2. The Bertz CT molecular complexity index is 1880. The summed E-state index contributed by atoms with van der Waals surface area (Å²) < 4.78 is 5.29. The number of rotatable bonds is 10. The van der Waals surface area contributed by atoms with Gasteiger partial charge in [-0.25, -0.2) is 9.97 Å². The Morgan fingerprint density at radius 1 is 0.800 bits per heavy atom. The van der Waals surface area contributed by atoms with Crippen LogP contribution in [0, 0.1) is 0 Å². The molecule has 0 spiro atoms. The number of piperazine rings is 1. The Hall–Kier alpha value is -4.90. The van der Waals surface area contributed by atoms with Crippen molar-refractivity contribution >= 4 is 23.3 Å². The van der Waals surface area contributed by atoms with Crippen molar-refractivity contribution in [1.82, 2.24) is 34.9 Å². The van der Waals surface area contributed by atoms with Gasteiger partial charge in [0.05, 0.1) is 18.8 Å². The van der Waals surface area contributed by atoms with E-state index < -0.39 is 0 Å². The summed E-state index contributed by atoms with van der Waals surface area (Å²) in [4.78, 5) is 24.3. The molecular weight excluding hydrogens is 623 g/mol. The summed E-state index contributed by atoms with van der Waals surface area (Å²) in [6.07, 6.45) is 6.21. The highest BCUT2D eigenvalue weighted by molar-refractivity contribution is 5.92. The number of nitrogens with zero attached hydrogens (tertiary/aromatic N) is 8. The molecule has 0 saturated carbocycles. The first kappa shape index (κ1) is 32.3. The third kappa shape index (κ3) is 7.19. The van der Waals surface area contributed by atoms with Gasteiger partial charge in [-0.1, -0.05) is 48.5 Å². The van der Waals surface area contributed by atoms with E-state index in [1.807, 2.05) is 18.2 Å². The number of ether oxygens (including phenoxy) is 1. The topological polar surface area (TPSA) is 89.5 Å². The minimum absolute atomic E-state index is 0.392. The molecule has 0 bridgehead atoms. The van der Waals surface area contributed by atoms with Crippen LogP contribution in [0.5, 0.6) is 0 Å². The van der Waals surface area contributed by atoms with Crippen molar-refractivity contribution in [3.63, 3.8) is 0 Å². The van der Waals surface area contributed by atoms with Crippen molar-refractivity contribution in [1.29, 1.82) is 0 Å². The van der Waals surface area contributed by atoms with Crippen LogP contribution in [0.25, 0.3) is 23.3 Å². The van der Waals surface area contributed by atoms with Crippen LogP contribution < -0.4 is 9.80 Å². The van der Waals surface area contributed by atoms with Crippen molar-refractivity contribution in [2.75, 3.05) is 69.3 Å². The van der Waals surface area contributed by atoms with Gasteiger partial charge in [-0.3, -0.25) is 19.9 Å². The number of methoxy groups -OCH3 is 1. The molecule has 0 unspecified atom stereocenters. The Balaban J connectivity index is 0.935. The Morgan fingerprint density at radius 3 is 2.36 bits per heavy atom. The molecule has 0 aliphatic carbocycles. The number of piperidine rings is 1. The molecule has 3 aliphatic heterocycles. The molecule has 1 N–H and O–H groups in total. The summed E-state index contributed by atoms with van der Waals surface area (Å²) in [7, 11) is 1.77. The SMILES string of the molecule is COCCN1CCN(c2ccc3c(n2)CN(c2ccc(CN4CCC(c5nc(-c6ccccn6)n[nH]5)CC4)cc2)C(c2ccccc2)=C3)CC1. The van der Waals surface area contributed by atoms with Crippen molar-refractivity contribution in [2.45, 2.75) is 31.8 Å². The summed E-state index contributed by atoms with van der Waals surface area (Å²) in [6, 6.07) is 30.1. The molecule has 0 radical (unpaired) electrons. The molecule has 10 nitrogen and oxygen atoms in total. The van der Waals surface area contributed by atoms with Gasteiger partial charge in [0, 0.05) is 75.4 Å². The number of fused-ring (bicyclic) bond motifs is 1. The number of anilines is 2. The van der Waals surface area contributed by atoms with Crippen LogP contribution in [0.15, 0.2) is 91.1 Å². The van der Waals surface area contributed by atoms with Crippen molar-refractivity contribution < 1.29 is 4.74 Å². The second-order valence-electron chi connectivity index (χ2n) is 13.5. The predicted octanol–water partition coefficient (Wildman–Crippen LogP) is 5.93. The molecule has 3 aliphatic rings. The lowest BCUT2D eigenvalue weighted by Crippen LogP contribution is -2.47. The average molecular weight is 668 g/mol. The summed E-state index contributed by atoms with van der Waals surface area (Å²) in [5.74, 6) is 3.11. The standard InChI is InChI=1S/C40H45N9O/c1-50-26-25-46-21-23-48(24-22-46)38-15-12-33-27-37(31-7-3-2-4-8-31)49(29-36(33)42-38)34-13-10-30(11-14-34)28-47-19-16-32(17-20-47)39-43-40(45-44-39)35-9-5-6-18-41-35/h2-15,18,27,32H,16-17,19-26,28-29H2,1H3,(H,43,44,45). The molecule has 0 amide bonds. The summed E-state index contributed by atoms with van der Waals surface area (Å²) >= 11 is 0. The van der Waals surface area contributed by atoms with Gasteiger partial charge in [-0.2, -0.15) is 5.10 Å². The van der Waals surface area contributed by atoms with Crippen LogP contribution in [0.1, 0.15) is 47.0 Å². The van der Waals surface area contributed by atoms with Gasteiger partial charge >= 0.3 is 0 Å². The lowest BCUT2D eigenvalue weighted by Gasteiger charge is -2.36. The Kier molecular flexibility index (Phi) is 9.64. The molecule has 3 aromatic heterocycles. The molecule has 50 heavy (non-hydrogen) atoms. The predicted molar refractivity (Wildman–Crippen MR) is 199 cm³/mol. The molecule has 2 aromatic carbocycles. The van der Waals surface area contributed by atoms with Gasteiger partial charge in [0.2, 0.25) is 0 Å². The number of nitrogens with one attached hydrogen (secondary N) is 1. The normalized spacial score (nSPS) is 17.5. The summed E-state index contributed by atoms with van der Waals surface area (Å²) in [5, 5.41) is 7.62. The van der Waals surface area contributed by atoms with E-state index in [2.05, 4.69) is 108 Å². The van der Waals surface area contributed by atoms with Crippen LogP contribution in [0.3, 0.4) is 0 Å². The van der Waals surface area contributed by atoms with E-state index in [9.17, 15) is 0 Å². The molecule has 2 fully saturated rings. The maximum Gasteiger partial charge on any atom is 0.199 e. The maximum absolute atomic E-state index is 5.29. The van der Waals surface area contributed by atoms with Crippen LogP contribution in [0.2, 0.25) is 0 Å². The largest absolute Gasteiger partial charge is 0.383 e. The highest BCUT2D eigenvalue weighted by Gasteiger charge is 2.26. The lowest BCUT2D eigenvalue weighted by molar-refractivity contribution is 0.144. The fraction of sp³-hybridized carbons (Fsp3) is 0.350. The van der Waals surface area contributed by atoms with Crippen LogP contribution in [-0.4, -0.2) is 94.5 Å². The number of hydrogen-bond acceptors (Lipinski definition) is 9. The molecule has 10 heteroatoms. The fourth-order valence-corrected chi connectivity index (χ4v) is 7.36. The van der Waals surface area contributed by atoms with Crippen molar-refractivity contribution in [2.24, 2.45) is 0 Å². The van der Waals surface area contributed by atoms with Crippen molar-refractivity contribution in [3.8, 4) is 11.5 Å². The van der Waals surface area contributed by atoms with E-state index in [4.69, 9.17) is 14.7 Å². The summed E-state index contributed by atoms with van der Waals surface area (Å²) in [6.45, 7) is 9.54. The van der Waals surface area contributed by atoms with Gasteiger partial charge in [-0.05, 0) is 79.5 Å². The first-order valence-electron chi connectivity index (χ1n) is 17.9. The Morgan fingerprint density at radius 2 is 1.60 bits per heavy atom. The van der Waals surface area contributed by atoms with Crippen LogP contribution in [-0.2, 0) is 17.8 Å². The number of likely N-dealkylation sites (tertiary alicyclic amines) is 1. The van der Waals surface area contributed by atoms with Gasteiger partial charge in [0.1, 0.15) is 17.3 Å². The van der Waals surface area contributed by atoms with Crippen LogP contribution >= 0.6 is 0 Å². The van der Waals surface area contributed by atoms with Gasteiger partial charge in [0.15, 0.2) is 5.82 Å². The van der Waals surface area contributed by atoms with E-state index in [1.165, 1.54) is 28.1 Å². The molecule has 2 saturated heterocycles. The van der Waals surface area contributed by atoms with E-state index in [0.29, 0.717) is 11.7 Å². The zero-order chi connectivity index (χ0) is 33.7. The number of hydrogen-bond donors (Lipinski definition) is 1. The van der Waals surface area contributed by atoms with Gasteiger partial charge < -0.3 is 14.5 Å². The number of benzene rings is 2. The molecule has 0 atom stereocenters. The van der Waals surface area contributed by atoms with Gasteiger partial charge in [0.25, 0.3) is 0 Å². The molecule has 256 valence electrons. The fourth-order valence-electron chi connectivity index (χ4n) is 7.36. The summed E-state index contributed by atoms with van der Waals surface area (Å²) in [5.41, 5.74) is 8.04. The monoisotopic (exact) mass is 667 g/mol. The molecule has 6 heterocycles. The highest BCUT2D eigenvalue weighted by atomic mass is 16.5.